The number of ether oxygens (including phenoxy) is 1. The number of nitrogens with zero attached hydrogens (tertiary/aromatic N) is 1. The fraction of sp³-hybridized carbons (Fsp3) is 0.393. The number of carbonyl (C=O) groups is 3. The van der Waals surface area contributed by atoms with Gasteiger partial charge in [-0.15, -0.1) is 0 Å². The third-order valence-corrected chi connectivity index (χ3v) is 6.40. The van der Waals surface area contributed by atoms with Gasteiger partial charge >= 0.3 is 5.97 Å². The second-order valence-corrected chi connectivity index (χ2v) is 9.11. The van der Waals surface area contributed by atoms with Gasteiger partial charge in [-0.3, -0.25) is 9.59 Å². The first-order valence-corrected chi connectivity index (χ1v) is 12.5. The number of amides is 2. The molecule has 2 amide bonds. The van der Waals surface area contributed by atoms with Crippen LogP contribution in [0.15, 0.2) is 59.8 Å². The molecule has 35 heavy (non-hydrogen) atoms. The maximum absolute atomic E-state index is 13.3. The predicted molar refractivity (Wildman–Crippen MR) is 137 cm³/mol. The molecule has 0 radical (unpaired) electrons. The van der Waals surface area contributed by atoms with E-state index < -0.39 is 11.9 Å². The lowest BCUT2D eigenvalue weighted by molar-refractivity contribution is -0.140. The Kier molecular flexibility index (Phi) is 9.49. The van der Waals surface area contributed by atoms with Crippen LogP contribution in [0.25, 0.3) is 0 Å². The van der Waals surface area contributed by atoms with Crippen LogP contribution in [0.1, 0.15) is 73.9 Å². The molecule has 2 aromatic carbocycles. The van der Waals surface area contributed by atoms with Crippen molar-refractivity contribution in [1.29, 1.82) is 0 Å². The van der Waals surface area contributed by atoms with Crippen LogP contribution < -0.4 is 5.32 Å². The average molecular weight is 497 g/mol. The maximum Gasteiger partial charge on any atom is 0.336 e. The van der Waals surface area contributed by atoms with Gasteiger partial charge < -0.3 is 15.0 Å². The lowest BCUT2D eigenvalue weighted by Gasteiger charge is -2.34. The van der Waals surface area contributed by atoms with E-state index in [0.29, 0.717) is 28.4 Å². The van der Waals surface area contributed by atoms with Crippen LogP contribution in [0.2, 0.25) is 5.02 Å². The molecule has 1 aliphatic rings. The largest absolute Gasteiger partial charge is 0.463 e. The van der Waals surface area contributed by atoms with Gasteiger partial charge in [0.1, 0.15) is 0 Å². The lowest BCUT2D eigenvalue weighted by atomic mass is 9.83. The number of hydrogen-bond donors (Lipinski definition) is 1. The summed E-state index contributed by atoms with van der Waals surface area (Å²) >= 11 is 6.19. The highest BCUT2D eigenvalue weighted by atomic mass is 35.5. The summed E-state index contributed by atoms with van der Waals surface area (Å²) < 4.78 is 5.35. The summed E-state index contributed by atoms with van der Waals surface area (Å²) in [5.41, 5.74) is 3.17. The Morgan fingerprint density at radius 3 is 2.60 bits per heavy atom. The Balaban J connectivity index is 1.87. The smallest absolute Gasteiger partial charge is 0.336 e. The zero-order chi connectivity index (χ0) is 25.4. The number of carbonyl (C=O) groups excluding carboxylic acids is 3. The van der Waals surface area contributed by atoms with Crippen molar-refractivity contribution in [2.45, 2.75) is 58.9 Å². The minimum atomic E-state index is -0.437. The summed E-state index contributed by atoms with van der Waals surface area (Å²) in [5, 5.41) is 3.49. The van der Waals surface area contributed by atoms with E-state index in [0.717, 1.165) is 30.4 Å². The van der Waals surface area contributed by atoms with Crippen LogP contribution in [0.4, 0.5) is 0 Å². The number of hydrogen-bond acceptors (Lipinski definition) is 4. The van der Waals surface area contributed by atoms with E-state index in [-0.39, 0.29) is 31.4 Å². The quantitative estimate of drug-likeness (QED) is 0.342. The summed E-state index contributed by atoms with van der Waals surface area (Å²) in [6.07, 6.45) is 3.23. The van der Waals surface area contributed by atoms with Crippen molar-refractivity contribution in [1.82, 2.24) is 10.2 Å². The molecule has 186 valence electrons. The predicted octanol–water partition coefficient (Wildman–Crippen LogP) is 5.61. The SMILES string of the molecule is CCCCCNC(=O)c1cccc(CN2C(=O)CC(c3cccc(Cl)c3)C(C(=O)OCC)=C2C)c1. The van der Waals surface area contributed by atoms with Crippen molar-refractivity contribution < 1.29 is 19.1 Å². The molecule has 1 unspecified atom stereocenters. The molecule has 0 saturated heterocycles. The molecule has 1 aliphatic heterocycles. The van der Waals surface area contributed by atoms with Gasteiger partial charge in [-0.25, -0.2) is 4.79 Å². The first-order chi connectivity index (χ1) is 16.8. The summed E-state index contributed by atoms with van der Waals surface area (Å²) in [5.74, 6) is -1.10. The first kappa shape index (κ1) is 26.5. The number of rotatable bonds is 10. The molecule has 0 saturated carbocycles. The van der Waals surface area contributed by atoms with Crippen molar-refractivity contribution in [3.8, 4) is 0 Å². The molecule has 1 N–H and O–H groups in total. The highest BCUT2D eigenvalue weighted by molar-refractivity contribution is 6.30. The molecule has 0 fully saturated rings. The monoisotopic (exact) mass is 496 g/mol. The highest BCUT2D eigenvalue weighted by Gasteiger charge is 2.37. The zero-order valence-corrected chi connectivity index (χ0v) is 21.4. The fourth-order valence-electron chi connectivity index (χ4n) is 4.36. The van der Waals surface area contributed by atoms with Crippen molar-refractivity contribution >= 4 is 29.4 Å². The van der Waals surface area contributed by atoms with E-state index in [1.807, 2.05) is 24.3 Å². The van der Waals surface area contributed by atoms with Crippen molar-refractivity contribution in [2.75, 3.05) is 13.2 Å². The van der Waals surface area contributed by atoms with Crippen molar-refractivity contribution in [3.05, 3.63) is 81.5 Å². The average Bonchev–Trinajstić information content (AvgIpc) is 2.84. The Morgan fingerprint density at radius 1 is 1.11 bits per heavy atom. The third-order valence-electron chi connectivity index (χ3n) is 6.17. The van der Waals surface area contributed by atoms with Crippen LogP contribution in [0.3, 0.4) is 0 Å². The summed E-state index contributed by atoms with van der Waals surface area (Å²) in [7, 11) is 0. The van der Waals surface area contributed by atoms with Crippen LogP contribution in [0, 0.1) is 0 Å². The Morgan fingerprint density at radius 2 is 1.89 bits per heavy atom. The zero-order valence-electron chi connectivity index (χ0n) is 20.6. The van der Waals surface area contributed by atoms with Crippen molar-refractivity contribution in [2.24, 2.45) is 0 Å². The van der Waals surface area contributed by atoms with Crippen LogP contribution in [-0.4, -0.2) is 35.8 Å². The van der Waals surface area contributed by atoms with Gasteiger partial charge in [0, 0.05) is 35.2 Å². The van der Waals surface area contributed by atoms with Crippen molar-refractivity contribution in [3.63, 3.8) is 0 Å². The van der Waals surface area contributed by atoms with Gasteiger partial charge in [-0.2, -0.15) is 0 Å². The van der Waals surface area contributed by atoms with E-state index in [2.05, 4.69) is 12.2 Å². The van der Waals surface area contributed by atoms with Crippen LogP contribution in [-0.2, 0) is 20.9 Å². The Labute approximate surface area is 212 Å². The Hall–Kier alpha value is -3.12. The topological polar surface area (TPSA) is 75.7 Å². The lowest BCUT2D eigenvalue weighted by Crippen LogP contribution is -2.38. The van der Waals surface area contributed by atoms with Crippen LogP contribution in [0.5, 0.6) is 0 Å². The fourth-order valence-corrected chi connectivity index (χ4v) is 4.56. The summed E-state index contributed by atoms with van der Waals surface area (Å²) in [6.45, 7) is 6.78. The molecule has 0 bridgehead atoms. The molecular weight excluding hydrogens is 464 g/mol. The number of esters is 1. The number of benzene rings is 2. The van der Waals surface area contributed by atoms with Gasteiger partial charge in [0.25, 0.3) is 5.91 Å². The number of nitrogens with one attached hydrogen (secondary N) is 1. The van der Waals surface area contributed by atoms with E-state index in [9.17, 15) is 14.4 Å². The van der Waals surface area contributed by atoms with E-state index >= 15 is 0 Å². The van der Waals surface area contributed by atoms with E-state index in [1.165, 1.54) is 0 Å². The van der Waals surface area contributed by atoms with E-state index in [1.54, 1.807) is 43.0 Å². The molecule has 1 atom stereocenters. The number of unbranched alkanes of at least 4 members (excludes halogenated alkanes) is 2. The molecule has 2 aromatic rings. The molecule has 0 spiro atoms. The van der Waals surface area contributed by atoms with Gasteiger partial charge in [0.2, 0.25) is 5.91 Å². The molecule has 7 heteroatoms. The second kappa shape index (κ2) is 12.5. The standard InChI is InChI=1S/C28H33ClN2O4/c1-4-6-7-14-30-27(33)22-12-8-10-20(15-22)18-31-19(3)26(28(34)35-5-2)24(17-25(31)32)21-11-9-13-23(29)16-21/h8-13,15-16,24H,4-7,14,17-18H2,1-3H3,(H,30,33). The van der Waals surface area contributed by atoms with E-state index in [4.69, 9.17) is 16.3 Å². The first-order valence-electron chi connectivity index (χ1n) is 12.2. The molecule has 6 nitrogen and oxygen atoms in total. The maximum atomic E-state index is 13.3. The summed E-state index contributed by atoms with van der Waals surface area (Å²) in [4.78, 5) is 40.4. The minimum Gasteiger partial charge on any atom is -0.463 e. The molecule has 3 rings (SSSR count). The molecular formula is C28H33ClN2O4. The molecule has 0 aromatic heterocycles. The van der Waals surface area contributed by atoms with Gasteiger partial charge in [-0.1, -0.05) is 55.6 Å². The normalized spacial score (nSPS) is 15.8. The number of halogens is 1. The third kappa shape index (κ3) is 6.73. The Bertz CT molecular complexity index is 1110. The highest BCUT2D eigenvalue weighted by Crippen LogP contribution is 2.38. The van der Waals surface area contributed by atoms with Gasteiger partial charge in [0.05, 0.1) is 18.7 Å². The van der Waals surface area contributed by atoms with Gasteiger partial charge in [-0.05, 0) is 55.7 Å². The van der Waals surface area contributed by atoms with Gasteiger partial charge in [0.15, 0.2) is 0 Å². The van der Waals surface area contributed by atoms with Crippen LogP contribution >= 0.6 is 11.6 Å². The molecule has 1 heterocycles. The minimum absolute atomic E-state index is 0.102. The summed E-state index contributed by atoms with van der Waals surface area (Å²) in [6, 6.07) is 14.5. The second-order valence-electron chi connectivity index (χ2n) is 8.67. The molecule has 0 aliphatic carbocycles. The number of allylic oxidation sites excluding steroid dienone is 1.